The number of carbonyl (C=O) groups excluding carboxylic acids is 1. The number of aromatic carboxylic acids is 1. The summed E-state index contributed by atoms with van der Waals surface area (Å²) in [4.78, 5) is 26.6. The molecule has 5 nitrogen and oxygen atoms in total. The Hall–Kier alpha value is -2.44. The Balaban J connectivity index is 1.46. The first-order valence-electron chi connectivity index (χ1n) is 11.0. The predicted molar refractivity (Wildman–Crippen MR) is 123 cm³/mol. The smallest absolute Gasteiger partial charge is 0.345 e. The molecule has 0 spiro atoms. The van der Waals surface area contributed by atoms with Gasteiger partial charge < -0.3 is 15.1 Å². The van der Waals surface area contributed by atoms with Crippen molar-refractivity contribution < 1.29 is 19.8 Å². The molecule has 2 aromatic rings. The lowest BCUT2D eigenvalue weighted by molar-refractivity contribution is -0.128. The first-order valence-corrected chi connectivity index (χ1v) is 11.8. The third-order valence-corrected chi connectivity index (χ3v) is 7.05. The van der Waals surface area contributed by atoms with Gasteiger partial charge in [-0.1, -0.05) is 49.4 Å². The van der Waals surface area contributed by atoms with Crippen molar-refractivity contribution in [3.63, 3.8) is 0 Å². The second-order valence-corrected chi connectivity index (χ2v) is 9.41. The average Bonchev–Trinajstić information content (AvgIpc) is 3.38. The lowest BCUT2D eigenvalue weighted by Crippen LogP contribution is -2.33. The van der Waals surface area contributed by atoms with Crippen molar-refractivity contribution in [3.05, 3.63) is 69.9 Å². The zero-order valence-corrected chi connectivity index (χ0v) is 18.8. The van der Waals surface area contributed by atoms with E-state index in [-0.39, 0.29) is 17.9 Å². The van der Waals surface area contributed by atoms with Crippen LogP contribution in [-0.2, 0) is 17.6 Å². The summed E-state index contributed by atoms with van der Waals surface area (Å²) in [6, 6.07) is 13.8. The van der Waals surface area contributed by atoms with Gasteiger partial charge in [-0.25, -0.2) is 4.79 Å². The Labute approximate surface area is 188 Å². The minimum Gasteiger partial charge on any atom is -0.477 e. The molecule has 1 aliphatic rings. The van der Waals surface area contributed by atoms with Gasteiger partial charge in [-0.05, 0) is 55.7 Å². The van der Waals surface area contributed by atoms with Gasteiger partial charge in [0.1, 0.15) is 4.88 Å². The van der Waals surface area contributed by atoms with Gasteiger partial charge in [-0.15, -0.1) is 11.3 Å². The predicted octanol–water partition coefficient (Wildman–Crippen LogP) is 4.56. The lowest BCUT2D eigenvalue weighted by Gasteiger charge is -2.23. The van der Waals surface area contributed by atoms with Crippen LogP contribution in [0.25, 0.3) is 0 Å². The lowest BCUT2D eigenvalue weighted by atomic mass is 9.95. The number of aryl methyl sites for hydroxylation is 2. The molecule has 3 atom stereocenters. The molecule has 1 aromatic carbocycles. The molecule has 0 unspecified atom stereocenters. The largest absolute Gasteiger partial charge is 0.477 e. The fourth-order valence-corrected chi connectivity index (χ4v) is 4.83. The molecule has 2 N–H and O–H groups in total. The third-order valence-electron chi connectivity index (χ3n) is 5.91. The number of aliphatic hydroxyl groups excluding tert-OH is 1. The number of benzene rings is 1. The van der Waals surface area contributed by atoms with Gasteiger partial charge in [0.2, 0.25) is 5.91 Å². The highest BCUT2D eigenvalue weighted by Gasteiger charge is 2.28. The van der Waals surface area contributed by atoms with Crippen molar-refractivity contribution in [1.29, 1.82) is 0 Å². The summed E-state index contributed by atoms with van der Waals surface area (Å²) < 4.78 is 0. The fraction of sp³-hybridized carbons (Fsp3) is 0.440. The molecular formula is C25H31NO4S. The van der Waals surface area contributed by atoms with Crippen LogP contribution in [-0.4, -0.2) is 45.7 Å². The van der Waals surface area contributed by atoms with Crippen LogP contribution in [0.15, 0.2) is 54.6 Å². The van der Waals surface area contributed by atoms with Crippen LogP contribution >= 0.6 is 11.3 Å². The molecule has 2 heterocycles. The van der Waals surface area contributed by atoms with E-state index in [0.29, 0.717) is 17.8 Å². The third kappa shape index (κ3) is 6.77. The van der Waals surface area contributed by atoms with E-state index in [2.05, 4.69) is 19.1 Å². The van der Waals surface area contributed by atoms with Crippen LogP contribution in [0.3, 0.4) is 0 Å². The Morgan fingerprint density at radius 3 is 2.71 bits per heavy atom. The summed E-state index contributed by atoms with van der Waals surface area (Å²) in [6.45, 7) is 2.70. The van der Waals surface area contributed by atoms with Gasteiger partial charge in [-0.3, -0.25) is 4.79 Å². The van der Waals surface area contributed by atoms with Gasteiger partial charge in [0.25, 0.3) is 0 Å². The Morgan fingerprint density at radius 1 is 1.23 bits per heavy atom. The van der Waals surface area contributed by atoms with Crippen molar-refractivity contribution in [3.8, 4) is 0 Å². The number of aliphatic hydroxyl groups is 1. The SMILES string of the molecule is C[C@H](CCc1ccccc1)[C@@H](O)/C=C/[C@H]1CCC(=O)N1CCCc1ccc(C(=O)O)s1. The number of hydrogen-bond acceptors (Lipinski definition) is 4. The van der Waals surface area contributed by atoms with E-state index in [0.717, 1.165) is 37.0 Å². The van der Waals surface area contributed by atoms with Gasteiger partial charge >= 0.3 is 5.97 Å². The Morgan fingerprint density at radius 2 is 2.00 bits per heavy atom. The molecule has 6 heteroatoms. The van der Waals surface area contributed by atoms with Gasteiger partial charge in [0, 0.05) is 17.8 Å². The molecular weight excluding hydrogens is 410 g/mol. The summed E-state index contributed by atoms with van der Waals surface area (Å²) in [6.07, 6.45) is 8.03. The number of hydrogen-bond donors (Lipinski definition) is 2. The van der Waals surface area contributed by atoms with Crippen molar-refractivity contribution >= 4 is 23.2 Å². The van der Waals surface area contributed by atoms with E-state index in [1.165, 1.54) is 16.9 Å². The molecule has 0 radical (unpaired) electrons. The van der Waals surface area contributed by atoms with Crippen molar-refractivity contribution in [2.45, 2.75) is 57.6 Å². The van der Waals surface area contributed by atoms with E-state index in [9.17, 15) is 14.7 Å². The number of thiophene rings is 1. The van der Waals surface area contributed by atoms with Crippen LogP contribution in [0.4, 0.5) is 0 Å². The van der Waals surface area contributed by atoms with Crippen LogP contribution < -0.4 is 0 Å². The molecule has 0 saturated carbocycles. The maximum Gasteiger partial charge on any atom is 0.345 e. The normalized spacial score (nSPS) is 18.6. The quantitative estimate of drug-likeness (QED) is 0.501. The van der Waals surface area contributed by atoms with Crippen molar-refractivity contribution in [2.24, 2.45) is 5.92 Å². The topological polar surface area (TPSA) is 77.8 Å². The number of carboxylic acids is 1. The minimum atomic E-state index is -0.896. The summed E-state index contributed by atoms with van der Waals surface area (Å²) in [7, 11) is 0. The second kappa shape index (κ2) is 11.3. The van der Waals surface area contributed by atoms with Crippen LogP contribution in [0.2, 0.25) is 0 Å². The minimum absolute atomic E-state index is 0.0291. The van der Waals surface area contributed by atoms with E-state index >= 15 is 0 Å². The molecule has 0 bridgehead atoms. The highest BCUT2D eigenvalue weighted by molar-refractivity contribution is 7.13. The molecule has 1 amide bonds. The highest BCUT2D eigenvalue weighted by Crippen LogP contribution is 2.23. The van der Waals surface area contributed by atoms with Gasteiger partial charge in [0.05, 0.1) is 12.1 Å². The number of carbonyl (C=O) groups is 2. The van der Waals surface area contributed by atoms with Crippen LogP contribution in [0, 0.1) is 5.92 Å². The standard InChI is InChI=1S/C25H31NO4S/c1-18(9-10-19-6-3-2-4-7-19)22(27)14-11-20-12-16-24(28)26(20)17-5-8-21-13-15-23(31-21)25(29)30/h2-4,6-7,11,13-15,18,20,22,27H,5,8-10,12,16-17H2,1H3,(H,29,30)/b14-11+/t18-,20+,22+/m1/s1. The van der Waals surface area contributed by atoms with E-state index in [4.69, 9.17) is 5.11 Å². The van der Waals surface area contributed by atoms with Gasteiger partial charge in [0.15, 0.2) is 0 Å². The maximum atomic E-state index is 12.3. The molecule has 3 rings (SSSR count). The zero-order chi connectivity index (χ0) is 22.2. The molecule has 166 valence electrons. The molecule has 1 fully saturated rings. The summed E-state index contributed by atoms with van der Waals surface area (Å²) in [5.74, 6) is -0.601. The maximum absolute atomic E-state index is 12.3. The average molecular weight is 442 g/mol. The van der Waals surface area contributed by atoms with Gasteiger partial charge in [-0.2, -0.15) is 0 Å². The van der Waals surface area contributed by atoms with Crippen molar-refractivity contribution in [2.75, 3.05) is 6.54 Å². The monoisotopic (exact) mass is 441 g/mol. The van der Waals surface area contributed by atoms with Crippen molar-refractivity contribution in [1.82, 2.24) is 4.90 Å². The van der Waals surface area contributed by atoms with E-state index in [1.54, 1.807) is 6.07 Å². The molecule has 1 aliphatic heterocycles. The first kappa shape index (κ1) is 23.2. The van der Waals surface area contributed by atoms with Crippen LogP contribution in [0.1, 0.15) is 52.7 Å². The Kier molecular flexibility index (Phi) is 8.43. The Bertz CT molecular complexity index is 892. The number of carboxylic acid groups (broad SMARTS) is 1. The molecule has 31 heavy (non-hydrogen) atoms. The number of nitrogens with zero attached hydrogens (tertiary/aromatic N) is 1. The zero-order valence-electron chi connectivity index (χ0n) is 17.9. The number of likely N-dealkylation sites (tertiary alicyclic amines) is 1. The fourth-order valence-electron chi connectivity index (χ4n) is 3.94. The van der Waals surface area contributed by atoms with E-state index in [1.807, 2.05) is 41.3 Å². The number of rotatable bonds is 11. The first-order chi connectivity index (χ1) is 14.9. The molecule has 0 aliphatic carbocycles. The second-order valence-electron chi connectivity index (χ2n) is 8.24. The summed E-state index contributed by atoms with van der Waals surface area (Å²) in [5.41, 5.74) is 1.28. The summed E-state index contributed by atoms with van der Waals surface area (Å²) >= 11 is 1.30. The summed E-state index contributed by atoms with van der Waals surface area (Å²) in [5, 5.41) is 19.6. The molecule has 1 aromatic heterocycles. The van der Waals surface area contributed by atoms with E-state index < -0.39 is 12.1 Å². The highest BCUT2D eigenvalue weighted by atomic mass is 32.1. The molecule has 1 saturated heterocycles. The van der Waals surface area contributed by atoms with Crippen LogP contribution in [0.5, 0.6) is 0 Å². The number of amides is 1.